The number of hydrogen-bond donors (Lipinski definition) is 1. The highest BCUT2D eigenvalue weighted by molar-refractivity contribution is 6.99. The topological polar surface area (TPSA) is 51.2 Å². The van der Waals surface area contributed by atoms with Crippen LogP contribution in [0.15, 0.2) is 60.7 Å². The minimum Gasteiger partial charge on any atom is -0.404 e. The van der Waals surface area contributed by atoms with Crippen molar-refractivity contribution in [2.45, 2.75) is 43.6 Å². The second kappa shape index (κ2) is 7.61. The standard InChI is InChI=1S/C23H31NO4Si/c1-22(2,3)29(18-11-7-5-8-12-18,19-13-9-6-10-14-19)28-17-23-16-24(26-4)20(15-27-23)21(23)25/h5-14,20-21,25H,15-17H2,1-4H3/t20-,21-,23+/m0/s1. The SMILES string of the molecule is CON1C[C@]2(CO[Si](c3ccccc3)(c3ccccc3)C(C)(C)C)OC[C@H]1[C@@H]2O. The summed E-state index contributed by atoms with van der Waals surface area (Å²) in [5.41, 5.74) is -0.756. The van der Waals surface area contributed by atoms with Gasteiger partial charge in [-0.3, -0.25) is 0 Å². The number of nitrogens with zero attached hydrogens (tertiary/aromatic N) is 1. The van der Waals surface area contributed by atoms with Crippen LogP contribution >= 0.6 is 0 Å². The molecule has 1 N–H and O–H groups in total. The fourth-order valence-corrected chi connectivity index (χ4v) is 9.52. The average molecular weight is 414 g/mol. The Hall–Kier alpha value is -1.54. The number of aliphatic hydroxyl groups is 1. The molecule has 2 saturated heterocycles. The lowest BCUT2D eigenvalue weighted by Crippen LogP contribution is -2.68. The van der Waals surface area contributed by atoms with E-state index in [1.807, 2.05) is 17.2 Å². The molecule has 0 unspecified atom stereocenters. The first-order valence-electron chi connectivity index (χ1n) is 10.2. The van der Waals surface area contributed by atoms with E-state index in [9.17, 15) is 5.11 Å². The average Bonchev–Trinajstić information content (AvgIpc) is 3.18. The van der Waals surface area contributed by atoms with Gasteiger partial charge in [0.25, 0.3) is 8.32 Å². The third kappa shape index (κ3) is 3.28. The third-order valence-electron chi connectivity index (χ3n) is 6.42. The monoisotopic (exact) mass is 413 g/mol. The molecule has 3 atom stereocenters. The van der Waals surface area contributed by atoms with Crippen molar-refractivity contribution in [3.8, 4) is 0 Å². The number of fused-ring (bicyclic) bond motifs is 2. The quantitative estimate of drug-likeness (QED) is 0.734. The molecular formula is C23H31NO4Si. The molecule has 0 spiro atoms. The first-order chi connectivity index (χ1) is 13.8. The van der Waals surface area contributed by atoms with Gasteiger partial charge in [0.2, 0.25) is 0 Å². The summed E-state index contributed by atoms with van der Waals surface area (Å²) in [6.45, 7) is 8.05. The molecule has 2 aliphatic heterocycles. The van der Waals surface area contributed by atoms with Crippen molar-refractivity contribution in [3.05, 3.63) is 60.7 Å². The predicted molar refractivity (Wildman–Crippen MR) is 116 cm³/mol. The Kier molecular flexibility index (Phi) is 5.44. The zero-order chi connectivity index (χ0) is 20.7. The summed E-state index contributed by atoms with van der Waals surface area (Å²) in [4.78, 5) is 5.46. The number of morpholine rings is 1. The Bertz CT molecular complexity index is 786. The molecule has 0 amide bonds. The molecular weight excluding hydrogens is 382 g/mol. The summed E-state index contributed by atoms with van der Waals surface area (Å²) in [7, 11) is -1.03. The van der Waals surface area contributed by atoms with Crippen molar-refractivity contribution in [2.75, 3.05) is 26.9 Å². The normalized spacial score (nSPS) is 27.5. The maximum atomic E-state index is 10.9. The van der Waals surface area contributed by atoms with Gasteiger partial charge in [-0.15, -0.1) is 0 Å². The second-order valence-corrected chi connectivity index (χ2v) is 13.4. The third-order valence-corrected chi connectivity index (χ3v) is 11.4. The van der Waals surface area contributed by atoms with Gasteiger partial charge in [-0.25, -0.2) is 0 Å². The molecule has 29 heavy (non-hydrogen) atoms. The van der Waals surface area contributed by atoms with Gasteiger partial charge >= 0.3 is 0 Å². The van der Waals surface area contributed by atoms with Gasteiger partial charge in [0.05, 0.1) is 32.9 Å². The maximum absolute atomic E-state index is 10.9. The molecule has 156 valence electrons. The molecule has 4 rings (SSSR count). The van der Waals surface area contributed by atoms with E-state index in [1.165, 1.54) is 10.4 Å². The number of aliphatic hydroxyl groups excluding tert-OH is 1. The minimum atomic E-state index is -2.67. The van der Waals surface area contributed by atoms with Crippen LogP contribution in [0.4, 0.5) is 0 Å². The van der Waals surface area contributed by atoms with Crippen molar-refractivity contribution in [3.63, 3.8) is 0 Å². The summed E-state index contributed by atoms with van der Waals surface area (Å²) in [6, 6.07) is 20.9. The molecule has 0 aliphatic carbocycles. The lowest BCUT2D eigenvalue weighted by molar-refractivity contribution is -0.198. The summed E-state index contributed by atoms with van der Waals surface area (Å²) in [5.74, 6) is 0. The van der Waals surface area contributed by atoms with Crippen LogP contribution in [0.25, 0.3) is 0 Å². The largest absolute Gasteiger partial charge is 0.404 e. The van der Waals surface area contributed by atoms with E-state index >= 15 is 0 Å². The van der Waals surface area contributed by atoms with Crippen molar-refractivity contribution >= 4 is 18.7 Å². The Morgan fingerprint density at radius 3 is 2.07 bits per heavy atom. The second-order valence-electron chi connectivity index (χ2n) is 9.10. The van der Waals surface area contributed by atoms with Gasteiger partial charge in [0.15, 0.2) is 0 Å². The van der Waals surface area contributed by atoms with Gasteiger partial charge < -0.3 is 19.1 Å². The van der Waals surface area contributed by atoms with E-state index in [4.69, 9.17) is 14.0 Å². The molecule has 2 heterocycles. The van der Waals surface area contributed by atoms with E-state index in [2.05, 4.69) is 69.3 Å². The van der Waals surface area contributed by atoms with Crippen LogP contribution in [0.1, 0.15) is 20.8 Å². The number of hydrogen-bond acceptors (Lipinski definition) is 5. The Morgan fingerprint density at radius 2 is 1.62 bits per heavy atom. The summed E-state index contributed by atoms with van der Waals surface area (Å²) in [6.07, 6.45) is -0.624. The summed E-state index contributed by atoms with van der Waals surface area (Å²) < 4.78 is 13.1. The van der Waals surface area contributed by atoms with Crippen molar-refractivity contribution < 1.29 is 19.1 Å². The molecule has 0 saturated carbocycles. The molecule has 0 radical (unpaired) electrons. The zero-order valence-corrected chi connectivity index (χ0v) is 18.7. The smallest absolute Gasteiger partial charge is 0.261 e. The van der Waals surface area contributed by atoms with E-state index in [0.717, 1.165) is 0 Å². The molecule has 2 aliphatic rings. The van der Waals surface area contributed by atoms with Crippen LogP contribution < -0.4 is 10.4 Å². The van der Waals surface area contributed by atoms with Crippen LogP contribution in [0.5, 0.6) is 0 Å². The predicted octanol–water partition coefficient (Wildman–Crippen LogP) is 1.94. The van der Waals surface area contributed by atoms with Gasteiger partial charge in [-0.05, 0) is 15.4 Å². The summed E-state index contributed by atoms with van der Waals surface area (Å²) in [5, 5.41) is 15.1. The highest BCUT2D eigenvalue weighted by Gasteiger charge is 2.61. The van der Waals surface area contributed by atoms with Crippen molar-refractivity contribution in [1.29, 1.82) is 0 Å². The highest BCUT2D eigenvalue weighted by atomic mass is 28.4. The van der Waals surface area contributed by atoms with Crippen LogP contribution in [0.2, 0.25) is 5.04 Å². The van der Waals surface area contributed by atoms with Crippen LogP contribution in [0.3, 0.4) is 0 Å². The van der Waals surface area contributed by atoms with Gasteiger partial charge in [-0.2, -0.15) is 5.06 Å². The van der Waals surface area contributed by atoms with Gasteiger partial charge in [0, 0.05) is 0 Å². The molecule has 6 heteroatoms. The van der Waals surface area contributed by atoms with Crippen molar-refractivity contribution in [1.82, 2.24) is 5.06 Å². The first kappa shape index (κ1) is 20.7. The van der Waals surface area contributed by atoms with Crippen LogP contribution in [-0.2, 0) is 14.0 Å². The Morgan fingerprint density at radius 1 is 1.07 bits per heavy atom. The van der Waals surface area contributed by atoms with Gasteiger partial charge in [-0.1, -0.05) is 81.4 Å². The van der Waals surface area contributed by atoms with Crippen molar-refractivity contribution in [2.24, 2.45) is 0 Å². The molecule has 2 aromatic rings. The number of rotatable bonds is 6. The van der Waals surface area contributed by atoms with Crippen LogP contribution in [-0.4, -0.2) is 63.1 Å². The minimum absolute atomic E-state index is 0.116. The fraction of sp³-hybridized carbons (Fsp3) is 0.478. The molecule has 0 aromatic heterocycles. The van der Waals surface area contributed by atoms with E-state index in [1.54, 1.807) is 7.11 Å². The van der Waals surface area contributed by atoms with Crippen LogP contribution in [0, 0.1) is 0 Å². The maximum Gasteiger partial charge on any atom is 0.261 e. The lowest BCUT2D eigenvalue weighted by Gasteiger charge is -2.45. The number of benzene rings is 2. The fourth-order valence-electron chi connectivity index (χ4n) is 4.90. The number of ether oxygens (including phenoxy) is 1. The summed E-state index contributed by atoms with van der Waals surface area (Å²) >= 11 is 0. The van der Waals surface area contributed by atoms with E-state index in [-0.39, 0.29) is 11.1 Å². The molecule has 2 bridgehead atoms. The molecule has 5 nitrogen and oxygen atoms in total. The highest BCUT2D eigenvalue weighted by Crippen LogP contribution is 2.42. The number of hydroxylamine groups is 2. The Labute approximate surface area is 174 Å². The van der Waals surface area contributed by atoms with E-state index < -0.39 is 20.0 Å². The molecule has 2 fully saturated rings. The van der Waals surface area contributed by atoms with E-state index in [0.29, 0.717) is 19.8 Å². The lowest BCUT2D eigenvalue weighted by atomic mass is 10.0. The first-order valence-corrected chi connectivity index (χ1v) is 12.1. The zero-order valence-electron chi connectivity index (χ0n) is 17.7. The Balaban J connectivity index is 1.76. The van der Waals surface area contributed by atoms with Gasteiger partial charge in [0.1, 0.15) is 11.7 Å². The molecule has 2 aromatic carbocycles.